The molecule has 20 heavy (non-hydrogen) atoms. The lowest BCUT2D eigenvalue weighted by Crippen LogP contribution is -2.13. The molecular formula is C14H17ClN2O3. The summed E-state index contributed by atoms with van der Waals surface area (Å²) in [5, 5.41) is 0.769. The molecule has 108 valence electrons. The van der Waals surface area contributed by atoms with Crippen LogP contribution in [0.15, 0.2) is 24.3 Å². The Morgan fingerprint density at radius 1 is 1.35 bits per heavy atom. The van der Waals surface area contributed by atoms with Gasteiger partial charge < -0.3 is 15.2 Å². The fraction of sp³-hybridized carbons (Fsp3) is 0.286. The number of carbonyl (C=O) groups excluding carboxylic acids is 1. The minimum absolute atomic E-state index is 0. The molecule has 0 aliphatic rings. The van der Waals surface area contributed by atoms with E-state index in [1.165, 1.54) is 0 Å². The standard InChI is InChI=1S/C14H16N2O3.ClH/c1-3-19-14-7-13(18-2)10-6-9(12(17)8-15)4-5-11(10)16-14;/h4-7H,3,8,15H2,1-2H3;1H. The summed E-state index contributed by atoms with van der Waals surface area (Å²) in [4.78, 5) is 16.0. The number of fused-ring (bicyclic) bond motifs is 1. The van der Waals surface area contributed by atoms with Crippen molar-refractivity contribution in [2.24, 2.45) is 5.73 Å². The lowest BCUT2D eigenvalue weighted by molar-refractivity contribution is 0.100. The molecule has 2 rings (SSSR count). The van der Waals surface area contributed by atoms with E-state index < -0.39 is 0 Å². The molecule has 2 aromatic rings. The van der Waals surface area contributed by atoms with Crippen LogP contribution >= 0.6 is 12.4 Å². The van der Waals surface area contributed by atoms with Gasteiger partial charge in [0, 0.05) is 17.0 Å². The Hall–Kier alpha value is -1.85. The number of Topliss-reactive ketones (excluding diaryl/α,β-unsaturated/α-hetero) is 1. The van der Waals surface area contributed by atoms with Gasteiger partial charge in [0.25, 0.3) is 0 Å². The van der Waals surface area contributed by atoms with Gasteiger partial charge in [0.1, 0.15) is 5.75 Å². The Morgan fingerprint density at radius 3 is 2.70 bits per heavy atom. The van der Waals surface area contributed by atoms with Gasteiger partial charge in [-0.15, -0.1) is 12.4 Å². The first-order chi connectivity index (χ1) is 9.19. The summed E-state index contributed by atoms with van der Waals surface area (Å²) < 4.78 is 10.7. The van der Waals surface area contributed by atoms with E-state index in [4.69, 9.17) is 15.2 Å². The number of nitrogens with zero attached hydrogens (tertiary/aromatic N) is 1. The summed E-state index contributed by atoms with van der Waals surface area (Å²) in [7, 11) is 1.57. The zero-order chi connectivity index (χ0) is 13.8. The first-order valence-electron chi connectivity index (χ1n) is 6.04. The van der Waals surface area contributed by atoms with E-state index in [-0.39, 0.29) is 24.7 Å². The molecule has 0 amide bonds. The monoisotopic (exact) mass is 296 g/mol. The van der Waals surface area contributed by atoms with Crippen LogP contribution in [0.2, 0.25) is 0 Å². The van der Waals surface area contributed by atoms with Gasteiger partial charge in [-0.1, -0.05) is 0 Å². The van der Waals surface area contributed by atoms with E-state index in [1.54, 1.807) is 31.4 Å². The molecule has 0 saturated carbocycles. The number of hydrogen-bond donors (Lipinski definition) is 1. The number of hydrogen-bond acceptors (Lipinski definition) is 5. The van der Waals surface area contributed by atoms with Crippen molar-refractivity contribution in [3.8, 4) is 11.6 Å². The van der Waals surface area contributed by atoms with Crippen molar-refractivity contribution < 1.29 is 14.3 Å². The van der Waals surface area contributed by atoms with Crippen LogP contribution < -0.4 is 15.2 Å². The van der Waals surface area contributed by atoms with Crippen LogP contribution in [0.1, 0.15) is 17.3 Å². The van der Waals surface area contributed by atoms with Crippen LogP contribution in [0.5, 0.6) is 11.6 Å². The van der Waals surface area contributed by atoms with Crippen LogP contribution in [0.4, 0.5) is 0 Å². The number of aromatic nitrogens is 1. The van der Waals surface area contributed by atoms with E-state index in [2.05, 4.69) is 4.98 Å². The molecule has 0 aliphatic carbocycles. The average molecular weight is 297 g/mol. The van der Waals surface area contributed by atoms with Crippen molar-refractivity contribution >= 4 is 29.1 Å². The molecule has 0 saturated heterocycles. The highest BCUT2D eigenvalue weighted by atomic mass is 35.5. The summed E-state index contributed by atoms with van der Waals surface area (Å²) in [6.45, 7) is 2.41. The molecule has 1 aromatic carbocycles. The third-order valence-electron chi connectivity index (χ3n) is 2.77. The minimum Gasteiger partial charge on any atom is -0.496 e. The van der Waals surface area contributed by atoms with E-state index >= 15 is 0 Å². The SMILES string of the molecule is CCOc1cc(OC)c2cc(C(=O)CN)ccc2n1.Cl. The van der Waals surface area contributed by atoms with Crippen LogP contribution in [0.3, 0.4) is 0 Å². The number of pyridine rings is 1. The first kappa shape index (κ1) is 16.2. The second kappa shape index (κ2) is 7.07. The Kier molecular flexibility index (Phi) is 5.73. The highest BCUT2D eigenvalue weighted by molar-refractivity contribution is 6.01. The van der Waals surface area contributed by atoms with Gasteiger partial charge in [-0.05, 0) is 25.1 Å². The Bertz CT molecular complexity index is 617. The highest BCUT2D eigenvalue weighted by Crippen LogP contribution is 2.29. The topological polar surface area (TPSA) is 74.4 Å². The Morgan fingerprint density at radius 2 is 2.10 bits per heavy atom. The predicted molar refractivity (Wildman–Crippen MR) is 80.1 cm³/mol. The van der Waals surface area contributed by atoms with Crippen LogP contribution in [-0.2, 0) is 0 Å². The maximum absolute atomic E-state index is 11.6. The second-order valence-corrected chi connectivity index (χ2v) is 3.95. The highest BCUT2D eigenvalue weighted by Gasteiger charge is 2.10. The summed E-state index contributed by atoms with van der Waals surface area (Å²) in [5.74, 6) is 1.02. The molecule has 0 unspecified atom stereocenters. The van der Waals surface area contributed by atoms with Gasteiger partial charge in [-0.25, -0.2) is 4.98 Å². The van der Waals surface area contributed by atoms with Crippen molar-refractivity contribution in [3.63, 3.8) is 0 Å². The normalized spacial score (nSPS) is 9.95. The largest absolute Gasteiger partial charge is 0.496 e. The van der Waals surface area contributed by atoms with Crippen LogP contribution in [0, 0.1) is 0 Å². The Labute approximate surface area is 123 Å². The molecule has 1 aromatic heterocycles. The molecule has 0 fully saturated rings. The number of halogens is 1. The number of rotatable bonds is 5. The summed E-state index contributed by atoms with van der Waals surface area (Å²) in [6, 6.07) is 6.93. The molecule has 0 spiro atoms. The fourth-order valence-electron chi connectivity index (χ4n) is 1.85. The van der Waals surface area contributed by atoms with E-state index in [0.717, 1.165) is 10.9 Å². The molecule has 0 bridgehead atoms. The van der Waals surface area contributed by atoms with Gasteiger partial charge in [0.05, 0.1) is 25.8 Å². The summed E-state index contributed by atoms with van der Waals surface area (Å²) >= 11 is 0. The predicted octanol–water partition coefficient (Wildman–Crippen LogP) is 2.21. The third kappa shape index (κ3) is 3.18. The first-order valence-corrected chi connectivity index (χ1v) is 6.04. The number of methoxy groups -OCH3 is 1. The fourth-order valence-corrected chi connectivity index (χ4v) is 1.85. The van der Waals surface area contributed by atoms with E-state index in [9.17, 15) is 4.79 Å². The van der Waals surface area contributed by atoms with Crippen molar-refractivity contribution in [2.45, 2.75) is 6.92 Å². The van der Waals surface area contributed by atoms with Crippen molar-refractivity contribution in [1.82, 2.24) is 4.98 Å². The lowest BCUT2D eigenvalue weighted by atomic mass is 10.1. The Balaban J connectivity index is 0.00000200. The van der Waals surface area contributed by atoms with Crippen LogP contribution in [-0.4, -0.2) is 31.0 Å². The molecule has 1 heterocycles. The van der Waals surface area contributed by atoms with Crippen molar-refractivity contribution in [1.29, 1.82) is 0 Å². The zero-order valence-corrected chi connectivity index (χ0v) is 12.2. The van der Waals surface area contributed by atoms with Crippen molar-refractivity contribution in [2.75, 3.05) is 20.3 Å². The smallest absolute Gasteiger partial charge is 0.217 e. The van der Waals surface area contributed by atoms with Gasteiger partial charge in [0.2, 0.25) is 5.88 Å². The second-order valence-electron chi connectivity index (χ2n) is 3.95. The maximum atomic E-state index is 11.6. The molecule has 0 atom stereocenters. The minimum atomic E-state index is -0.113. The molecule has 0 radical (unpaired) electrons. The van der Waals surface area contributed by atoms with Crippen LogP contribution in [0.25, 0.3) is 10.9 Å². The lowest BCUT2D eigenvalue weighted by Gasteiger charge is -2.09. The number of benzene rings is 1. The summed E-state index contributed by atoms with van der Waals surface area (Å²) in [6.07, 6.45) is 0. The summed E-state index contributed by atoms with van der Waals surface area (Å²) in [5.41, 5.74) is 6.64. The zero-order valence-electron chi connectivity index (χ0n) is 11.4. The molecule has 0 aliphatic heterocycles. The third-order valence-corrected chi connectivity index (χ3v) is 2.77. The average Bonchev–Trinajstić information content (AvgIpc) is 2.45. The van der Waals surface area contributed by atoms with Gasteiger partial charge in [0.15, 0.2) is 5.78 Å². The quantitative estimate of drug-likeness (QED) is 0.856. The number of carbonyl (C=O) groups is 1. The van der Waals surface area contributed by atoms with E-state index in [1.807, 2.05) is 6.92 Å². The molecule has 5 nitrogen and oxygen atoms in total. The molecule has 2 N–H and O–H groups in total. The van der Waals surface area contributed by atoms with Crippen molar-refractivity contribution in [3.05, 3.63) is 29.8 Å². The number of ether oxygens (including phenoxy) is 2. The van der Waals surface area contributed by atoms with Gasteiger partial charge in [-0.3, -0.25) is 4.79 Å². The van der Waals surface area contributed by atoms with E-state index in [0.29, 0.717) is 23.8 Å². The molecular weight excluding hydrogens is 280 g/mol. The maximum Gasteiger partial charge on any atom is 0.217 e. The number of ketones is 1. The number of nitrogens with two attached hydrogens (primary N) is 1. The van der Waals surface area contributed by atoms with Gasteiger partial charge in [-0.2, -0.15) is 0 Å². The van der Waals surface area contributed by atoms with Gasteiger partial charge >= 0.3 is 0 Å². The molecule has 6 heteroatoms.